The minimum atomic E-state index is -0.638. The van der Waals surface area contributed by atoms with Crippen LogP contribution >= 0.6 is 0 Å². The van der Waals surface area contributed by atoms with Crippen molar-refractivity contribution in [3.63, 3.8) is 0 Å². The summed E-state index contributed by atoms with van der Waals surface area (Å²) in [5.41, 5.74) is 5.22. The minimum Gasteiger partial charge on any atom is -0.364 e. The summed E-state index contributed by atoms with van der Waals surface area (Å²) >= 11 is 0. The number of hydrogen-bond acceptors (Lipinski definition) is 2. The molecule has 0 aliphatic carbocycles. The topological polar surface area (TPSA) is 72.2 Å². The van der Waals surface area contributed by atoms with Gasteiger partial charge in [-0.1, -0.05) is 32.9 Å². The van der Waals surface area contributed by atoms with Gasteiger partial charge in [-0.25, -0.2) is 0 Å². The van der Waals surface area contributed by atoms with Gasteiger partial charge in [-0.15, -0.1) is 0 Å². The number of carbonyl (C=O) groups excluding carboxylic acids is 2. The van der Waals surface area contributed by atoms with Crippen molar-refractivity contribution in [2.24, 2.45) is 11.7 Å². The number of nitrogens with two attached hydrogens (primary N) is 1. The first-order chi connectivity index (χ1) is 6.51. The largest absolute Gasteiger partial charge is 0.364 e. The second-order valence-corrected chi connectivity index (χ2v) is 3.02. The van der Waals surface area contributed by atoms with Crippen molar-refractivity contribution >= 4 is 11.8 Å². The van der Waals surface area contributed by atoms with Gasteiger partial charge in [-0.3, -0.25) is 9.59 Å². The van der Waals surface area contributed by atoms with E-state index in [1.807, 2.05) is 13.8 Å². The molecule has 1 atom stereocenters. The third-order valence-electron chi connectivity index (χ3n) is 1.80. The fraction of sp³-hybridized carbons (Fsp3) is 0.400. The lowest BCUT2D eigenvalue weighted by Crippen LogP contribution is -2.30. The van der Waals surface area contributed by atoms with Crippen LogP contribution in [-0.4, -0.2) is 11.8 Å². The van der Waals surface area contributed by atoms with E-state index in [0.717, 1.165) is 12.5 Å². The molecule has 0 aromatic rings. The van der Waals surface area contributed by atoms with Crippen LogP contribution in [0.4, 0.5) is 0 Å². The molecule has 0 heterocycles. The zero-order valence-corrected chi connectivity index (χ0v) is 8.54. The Morgan fingerprint density at radius 3 is 2.50 bits per heavy atom. The molecule has 0 saturated heterocycles. The second-order valence-electron chi connectivity index (χ2n) is 3.02. The highest BCUT2D eigenvalue weighted by atomic mass is 16.2. The number of rotatable bonds is 5. The summed E-state index contributed by atoms with van der Waals surface area (Å²) < 4.78 is 0. The number of allylic oxidation sites excluding steroid dienone is 1. The van der Waals surface area contributed by atoms with E-state index >= 15 is 0 Å². The van der Waals surface area contributed by atoms with Crippen LogP contribution in [0.1, 0.15) is 20.3 Å². The van der Waals surface area contributed by atoms with Crippen LogP contribution in [0.2, 0.25) is 0 Å². The van der Waals surface area contributed by atoms with Crippen molar-refractivity contribution in [1.82, 2.24) is 5.32 Å². The first kappa shape index (κ1) is 12.4. The lowest BCUT2D eigenvalue weighted by atomic mass is 10.1. The van der Waals surface area contributed by atoms with Gasteiger partial charge >= 0.3 is 0 Å². The molecule has 0 saturated carbocycles. The maximum atomic E-state index is 10.9. The highest BCUT2D eigenvalue weighted by molar-refractivity contribution is 5.99. The van der Waals surface area contributed by atoms with Gasteiger partial charge in [-0.05, 0) is 12.0 Å². The monoisotopic (exact) mass is 196 g/mol. The molecular weight excluding hydrogens is 180 g/mol. The lowest BCUT2D eigenvalue weighted by Gasteiger charge is -2.07. The summed E-state index contributed by atoms with van der Waals surface area (Å²) in [5, 5.41) is 2.36. The molecule has 0 aromatic heterocycles. The molecule has 0 bridgehead atoms. The Labute approximate surface area is 83.9 Å². The van der Waals surface area contributed by atoms with Crippen LogP contribution in [0.25, 0.3) is 0 Å². The van der Waals surface area contributed by atoms with E-state index in [1.165, 1.54) is 0 Å². The van der Waals surface area contributed by atoms with Crippen LogP contribution in [0, 0.1) is 5.92 Å². The van der Waals surface area contributed by atoms with Gasteiger partial charge in [0.1, 0.15) is 5.70 Å². The Balaban J connectivity index is 4.60. The molecule has 0 radical (unpaired) electrons. The van der Waals surface area contributed by atoms with E-state index in [4.69, 9.17) is 5.73 Å². The zero-order valence-electron chi connectivity index (χ0n) is 8.54. The number of primary amides is 1. The third-order valence-corrected chi connectivity index (χ3v) is 1.80. The molecule has 0 aromatic carbocycles. The minimum absolute atomic E-state index is 0.129. The van der Waals surface area contributed by atoms with Gasteiger partial charge in [0.25, 0.3) is 5.91 Å². The first-order valence-corrected chi connectivity index (χ1v) is 4.46. The van der Waals surface area contributed by atoms with E-state index < -0.39 is 11.8 Å². The third kappa shape index (κ3) is 4.45. The molecule has 3 N–H and O–H groups in total. The Morgan fingerprint density at radius 2 is 2.14 bits per heavy atom. The maximum Gasteiger partial charge on any atom is 0.264 e. The average molecular weight is 196 g/mol. The fourth-order valence-corrected chi connectivity index (χ4v) is 0.772. The van der Waals surface area contributed by atoms with Crippen molar-refractivity contribution in [3.8, 4) is 0 Å². The predicted octanol–water partition coefficient (Wildman–Crippen LogP) is 0.704. The van der Waals surface area contributed by atoms with E-state index in [-0.39, 0.29) is 11.6 Å². The number of amides is 2. The molecular formula is C10H16N2O2. The molecule has 0 aliphatic heterocycles. The molecule has 1 unspecified atom stereocenters. The van der Waals surface area contributed by atoms with E-state index in [2.05, 4.69) is 11.9 Å². The summed E-state index contributed by atoms with van der Waals surface area (Å²) in [4.78, 5) is 21.8. The summed E-state index contributed by atoms with van der Waals surface area (Å²) in [6.07, 6.45) is 3.61. The van der Waals surface area contributed by atoms with Crippen molar-refractivity contribution in [2.75, 3.05) is 0 Å². The second kappa shape index (κ2) is 5.96. The van der Waals surface area contributed by atoms with Crippen molar-refractivity contribution in [3.05, 3.63) is 24.4 Å². The van der Waals surface area contributed by atoms with Crippen molar-refractivity contribution < 1.29 is 9.59 Å². The highest BCUT2D eigenvalue weighted by Crippen LogP contribution is 2.04. The van der Waals surface area contributed by atoms with E-state index in [9.17, 15) is 9.59 Å². The van der Waals surface area contributed by atoms with Crippen LogP contribution in [0.5, 0.6) is 0 Å². The Bertz CT molecular complexity index is 269. The SMILES string of the molecule is C=CC(=O)NC(=CC(C)CC)C(N)=O. The van der Waals surface area contributed by atoms with E-state index in [0.29, 0.717) is 0 Å². The molecule has 14 heavy (non-hydrogen) atoms. The molecule has 4 nitrogen and oxygen atoms in total. The van der Waals surface area contributed by atoms with Gasteiger partial charge in [0.15, 0.2) is 0 Å². The summed E-state index contributed by atoms with van der Waals surface area (Å²) in [7, 11) is 0. The summed E-state index contributed by atoms with van der Waals surface area (Å²) in [5.74, 6) is -0.874. The Hall–Kier alpha value is -1.58. The van der Waals surface area contributed by atoms with Gasteiger partial charge in [0, 0.05) is 0 Å². The number of hydrogen-bond donors (Lipinski definition) is 2. The van der Waals surface area contributed by atoms with Gasteiger partial charge in [-0.2, -0.15) is 0 Å². The number of nitrogens with one attached hydrogen (secondary N) is 1. The van der Waals surface area contributed by atoms with Crippen LogP contribution in [0.3, 0.4) is 0 Å². The molecule has 4 heteroatoms. The van der Waals surface area contributed by atoms with Crippen molar-refractivity contribution in [1.29, 1.82) is 0 Å². The predicted molar refractivity (Wildman–Crippen MR) is 55.1 cm³/mol. The van der Waals surface area contributed by atoms with E-state index in [1.54, 1.807) is 6.08 Å². The van der Waals surface area contributed by atoms with Crippen LogP contribution in [-0.2, 0) is 9.59 Å². The van der Waals surface area contributed by atoms with Crippen LogP contribution < -0.4 is 11.1 Å². The van der Waals surface area contributed by atoms with Gasteiger partial charge in [0.2, 0.25) is 5.91 Å². The molecule has 0 aliphatic rings. The molecule has 2 amide bonds. The number of carbonyl (C=O) groups is 2. The maximum absolute atomic E-state index is 10.9. The average Bonchev–Trinajstić information content (AvgIpc) is 2.16. The Kier molecular flexibility index (Phi) is 5.29. The summed E-state index contributed by atoms with van der Waals surface area (Å²) in [6, 6.07) is 0. The zero-order chi connectivity index (χ0) is 11.1. The van der Waals surface area contributed by atoms with Crippen molar-refractivity contribution in [2.45, 2.75) is 20.3 Å². The standard InChI is InChI=1S/C10H16N2O2/c1-4-7(3)6-8(10(11)14)12-9(13)5-2/h5-7H,2,4H2,1,3H3,(H2,11,14)(H,12,13). The highest BCUT2D eigenvalue weighted by Gasteiger charge is 2.08. The molecule has 0 spiro atoms. The quantitative estimate of drug-likeness (QED) is 0.635. The molecule has 78 valence electrons. The molecule has 0 fully saturated rings. The van der Waals surface area contributed by atoms with Gasteiger partial charge in [0.05, 0.1) is 0 Å². The van der Waals surface area contributed by atoms with Gasteiger partial charge < -0.3 is 11.1 Å². The van der Waals surface area contributed by atoms with Crippen LogP contribution in [0.15, 0.2) is 24.4 Å². The first-order valence-electron chi connectivity index (χ1n) is 4.46. The molecule has 0 rings (SSSR count). The smallest absolute Gasteiger partial charge is 0.264 e. The lowest BCUT2D eigenvalue weighted by molar-refractivity contribution is -0.119. The Morgan fingerprint density at radius 1 is 1.57 bits per heavy atom. The fourth-order valence-electron chi connectivity index (χ4n) is 0.772. The normalized spacial score (nSPS) is 13.1. The summed E-state index contributed by atoms with van der Waals surface area (Å²) in [6.45, 7) is 7.20.